The average molecular weight is 649 g/mol. The van der Waals surface area contributed by atoms with Gasteiger partial charge in [-0.25, -0.2) is 19.5 Å². The van der Waals surface area contributed by atoms with Crippen LogP contribution >= 0.6 is 7.75 Å². The molecule has 5 N–H and O–H groups in total. The minimum Gasteiger partial charge on any atom is -0.460 e. The molecule has 6 rings (SSSR count). The molecule has 0 amide bonds. The second kappa shape index (κ2) is 13.1. The molecule has 0 bridgehead atoms. The van der Waals surface area contributed by atoms with Crippen molar-refractivity contribution in [2.75, 3.05) is 5.73 Å². The van der Waals surface area contributed by atoms with Gasteiger partial charge in [-0.2, -0.15) is 5.09 Å². The molecule has 0 radical (unpaired) electrons. The number of ether oxygens (including phenoxy) is 2. The number of hydrogen-bond acceptors (Lipinski definition) is 12. The molecule has 3 aromatic carbocycles. The smallest absolute Gasteiger partial charge is 0.459 e. The molecule has 1 aliphatic rings. The van der Waals surface area contributed by atoms with Gasteiger partial charge in [-0.1, -0.05) is 66.7 Å². The van der Waals surface area contributed by atoms with Gasteiger partial charge < -0.3 is 29.9 Å². The molecule has 14 nitrogen and oxygen atoms in total. The normalized spacial score (nSPS) is 22.3. The maximum atomic E-state index is 14.5. The molecule has 0 spiro atoms. The van der Waals surface area contributed by atoms with Gasteiger partial charge in [-0.3, -0.25) is 13.9 Å². The Hall–Kier alpha value is -4.43. The fraction of sp³-hybridized carbons (Fsp3) is 0.290. The molecule has 15 heteroatoms. The molecule has 240 valence electrons. The van der Waals surface area contributed by atoms with Crippen LogP contribution in [-0.4, -0.2) is 66.2 Å². The number of nitrogens with two attached hydrogens (primary N) is 1. The van der Waals surface area contributed by atoms with E-state index >= 15 is 0 Å². The Morgan fingerprint density at radius 2 is 1.76 bits per heavy atom. The molecular weight excluding hydrogens is 615 g/mol. The summed E-state index contributed by atoms with van der Waals surface area (Å²) in [7, 11) is -4.41. The van der Waals surface area contributed by atoms with Crippen LogP contribution in [-0.2, 0) is 30.0 Å². The van der Waals surface area contributed by atoms with Crippen LogP contribution in [0.25, 0.3) is 21.9 Å². The predicted molar refractivity (Wildman–Crippen MR) is 167 cm³/mol. The van der Waals surface area contributed by atoms with Crippen molar-refractivity contribution in [2.24, 2.45) is 0 Å². The molecule has 0 aliphatic carbocycles. The number of carbonyl (C=O) groups is 1. The van der Waals surface area contributed by atoms with Gasteiger partial charge in [0.05, 0.1) is 12.4 Å². The Morgan fingerprint density at radius 3 is 2.57 bits per heavy atom. The van der Waals surface area contributed by atoms with Gasteiger partial charge in [0.1, 0.15) is 48.6 Å². The highest BCUT2D eigenvalue weighted by Crippen LogP contribution is 2.49. The molecule has 1 fully saturated rings. The number of aromatic nitrogens is 4. The van der Waals surface area contributed by atoms with Crippen molar-refractivity contribution < 1.29 is 38.1 Å². The molecule has 3 unspecified atom stereocenters. The highest BCUT2D eigenvalue weighted by molar-refractivity contribution is 7.52. The summed E-state index contributed by atoms with van der Waals surface area (Å²) in [6.07, 6.45) is -3.77. The molecule has 1 saturated heterocycles. The van der Waals surface area contributed by atoms with E-state index in [-0.39, 0.29) is 23.8 Å². The highest BCUT2D eigenvalue weighted by Gasteiger charge is 2.49. The minimum absolute atomic E-state index is 0.0122. The SMILES string of the molecule is CC(NP(=O)(Oc1cccc2ccccc12)OC(C)[C@H]1O[C@@H](n2cnc3c(N)ncnc32)[C@H](O)[C@@H]1O)C(=O)OCc1ccccc1. The third kappa shape index (κ3) is 6.44. The lowest BCUT2D eigenvalue weighted by atomic mass is 10.1. The summed E-state index contributed by atoms with van der Waals surface area (Å²) in [6.45, 7) is 2.99. The third-order valence-electron chi connectivity index (χ3n) is 7.60. The maximum Gasteiger partial charge on any atom is 0.459 e. The highest BCUT2D eigenvalue weighted by atomic mass is 31.2. The van der Waals surface area contributed by atoms with E-state index in [0.717, 1.165) is 10.9 Å². The molecule has 3 heterocycles. The average Bonchev–Trinajstić information content (AvgIpc) is 3.61. The molecular formula is C31H33N6O8P. The zero-order valence-corrected chi connectivity index (χ0v) is 25.8. The number of aliphatic hydroxyl groups is 2. The van der Waals surface area contributed by atoms with E-state index in [0.29, 0.717) is 10.9 Å². The molecule has 0 saturated carbocycles. The van der Waals surface area contributed by atoms with Gasteiger partial charge in [0.15, 0.2) is 17.7 Å². The number of benzene rings is 3. The van der Waals surface area contributed by atoms with Crippen molar-refractivity contribution in [1.82, 2.24) is 24.6 Å². The number of nitrogen functional groups attached to an aromatic ring is 1. The van der Waals surface area contributed by atoms with Gasteiger partial charge in [0.2, 0.25) is 0 Å². The maximum absolute atomic E-state index is 14.5. The first kappa shape index (κ1) is 31.5. The van der Waals surface area contributed by atoms with Crippen molar-refractivity contribution in [1.29, 1.82) is 0 Å². The summed E-state index contributed by atoms with van der Waals surface area (Å²) < 4.78 is 39.4. The summed E-state index contributed by atoms with van der Waals surface area (Å²) in [6, 6.07) is 20.6. The summed E-state index contributed by atoms with van der Waals surface area (Å²) in [4.78, 5) is 25.2. The van der Waals surface area contributed by atoms with Crippen LogP contribution < -0.4 is 15.3 Å². The minimum atomic E-state index is -4.41. The van der Waals surface area contributed by atoms with E-state index in [1.165, 1.54) is 31.1 Å². The number of hydrogen-bond donors (Lipinski definition) is 4. The number of esters is 1. The van der Waals surface area contributed by atoms with Crippen LogP contribution in [0.2, 0.25) is 0 Å². The van der Waals surface area contributed by atoms with Gasteiger partial charge in [0, 0.05) is 5.39 Å². The van der Waals surface area contributed by atoms with Gasteiger partial charge in [-0.15, -0.1) is 0 Å². The predicted octanol–water partition coefficient (Wildman–Crippen LogP) is 3.49. The molecule has 1 aliphatic heterocycles. The van der Waals surface area contributed by atoms with E-state index in [2.05, 4.69) is 20.0 Å². The molecule has 5 aromatic rings. The second-order valence-corrected chi connectivity index (χ2v) is 12.5. The number of carbonyl (C=O) groups excluding carboxylic acids is 1. The van der Waals surface area contributed by atoms with E-state index < -0.39 is 50.4 Å². The largest absolute Gasteiger partial charge is 0.460 e. The lowest BCUT2D eigenvalue weighted by molar-refractivity contribution is -0.146. The Kier molecular flexibility index (Phi) is 9.00. The Balaban J connectivity index is 1.24. The number of fused-ring (bicyclic) bond motifs is 2. The van der Waals surface area contributed by atoms with E-state index in [1.54, 1.807) is 18.2 Å². The Bertz CT molecular complexity index is 1890. The third-order valence-corrected chi connectivity index (χ3v) is 9.35. The lowest BCUT2D eigenvalue weighted by Gasteiger charge is -2.29. The standard InChI is InChI=1S/C31H33N6O8P/c1-18(31(40)42-15-20-9-4-3-5-10-20)36-46(41,45-23-14-8-12-21-11-6-7-13-22(21)23)44-19(2)27-25(38)26(39)30(43-27)37-17-35-24-28(32)33-16-34-29(24)37/h3-14,16-19,25-27,30,38-39H,15H2,1-2H3,(H,36,41)(H2,32,33,34)/t18?,19?,25-,26+,27+,30+,46?/m0/s1. The first-order valence-corrected chi connectivity index (χ1v) is 16.1. The van der Waals surface area contributed by atoms with Crippen molar-refractivity contribution >= 4 is 41.5 Å². The first-order chi connectivity index (χ1) is 22.1. The summed E-state index contributed by atoms with van der Waals surface area (Å²) in [5, 5.41) is 26.2. The van der Waals surface area contributed by atoms with Crippen LogP contribution in [0.3, 0.4) is 0 Å². The molecule has 7 atom stereocenters. The number of anilines is 1. The first-order valence-electron chi connectivity index (χ1n) is 14.5. The van der Waals surface area contributed by atoms with Crippen LogP contribution in [0.4, 0.5) is 5.82 Å². The molecule has 2 aromatic heterocycles. The van der Waals surface area contributed by atoms with Crippen molar-refractivity contribution in [3.8, 4) is 5.75 Å². The van der Waals surface area contributed by atoms with Crippen molar-refractivity contribution in [3.63, 3.8) is 0 Å². The zero-order valence-electron chi connectivity index (χ0n) is 24.9. The topological polar surface area (TPSA) is 193 Å². The van der Waals surface area contributed by atoms with E-state index in [1.807, 2.05) is 54.6 Å². The van der Waals surface area contributed by atoms with E-state index in [9.17, 15) is 19.6 Å². The summed E-state index contributed by atoms with van der Waals surface area (Å²) in [5.41, 5.74) is 7.26. The van der Waals surface area contributed by atoms with Gasteiger partial charge >= 0.3 is 13.7 Å². The fourth-order valence-electron chi connectivity index (χ4n) is 5.27. The number of rotatable bonds is 11. The van der Waals surface area contributed by atoms with Crippen LogP contribution in [0.5, 0.6) is 5.75 Å². The van der Waals surface area contributed by atoms with Crippen LogP contribution in [0.1, 0.15) is 25.6 Å². The lowest BCUT2D eigenvalue weighted by Crippen LogP contribution is -2.41. The monoisotopic (exact) mass is 648 g/mol. The van der Waals surface area contributed by atoms with Gasteiger partial charge in [-0.05, 0) is 30.9 Å². The number of nitrogens with one attached hydrogen (secondary N) is 1. The number of nitrogens with zero attached hydrogens (tertiary/aromatic N) is 4. The second-order valence-electron chi connectivity index (χ2n) is 10.9. The number of aliphatic hydroxyl groups excluding tert-OH is 2. The van der Waals surface area contributed by atoms with Crippen molar-refractivity contribution in [3.05, 3.63) is 91.0 Å². The van der Waals surface area contributed by atoms with Crippen LogP contribution in [0.15, 0.2) is 85.5 Å². The zero-order chi connectivity index (χ0) is 32.4. The Labute approximate surface area is 263 Å². The fourth-order valence-corrected chi connectivity index (χ4v) is 6.98. The summed E-state index contributed by atoms with van der Waals surface area (Å²) in [5.74, 6) is -0.319. The van der Waals surface area contributed by atoms with Crippen LogP contribution in [0, 0.1) is 0 Å². The number of imidazole rings is 1. The van der Waals surface area contributed by atoms with E-state index in [4.69, 9.17) is 24.3 Å². The van der Waals surface area contributed by atoms with Crippen molar-refractivity contribution in [2.45, 2.75) is 57.1 Å². The summed E-state index contributed by atoms with van der Waals surface area (Å²) >= 11 is 0. The quantitative estimate of drug-likeness (QED) is 0.120. The van der Waals surface area contributed by atoms with Gasteiger partial charge in [0.25, 0.3) is 0 Å². The Morgan fingerprint density at radius 1 is 1.02 bits per heavy atom. The molecule has 46 heavy (non-hydrogen) atoms.